The van der Waals surface area contributed by atoms with Gasteiger partial charge in [0.05, 0.1) is 19.1 Å². The highest BCUT2D eigenvalue weighted by atomic mass is 32.2. The van der Waals surface area contributed by atoms with E-state index in [2.05, 4.69) is 15.6 Å². The lowest BCUT2D eigenvalue weighted by atomic mass is 10.2. The Morgan fingerprint density at radius 2 is 1.34 bits per heavy atom. The van der Waals surface area contributed by atoms with E-state index in [1.807, 2.05) is 0 Å². The zero-order valence-electron chi connectivity index (χ0n) is 16.5. The highest BCUT2D eigenvalue weighted by Crippen LogP contribution is 2.27. The number of carbonyl (C=O) groups excluding carboxylic acids is 2. The smallest absolute Gasteiger partial charge is 0.269 e. The third-order valence-electron chi connectivity index (χ3n) is 3.75. The van der Waals surface area contributed by atoms with Gasteiger partial charge < -0.3 is 9.47 Å². The molecule has 10 heteroatoms. The van der Waals surface area contributed by atoms with Crippen molar-refractivity contribution in [3.8, 4) is 11.5 Å². The predicted molar refractivity (Wildman–Crippen MR) is 106 cm³/mol. The molecule has 0 atom stereocenters. The number of carbonyl (C=O) groups is 2. The zero-order valence-corrected chi connectivity index (χ0v) is 17.3. The van der Waals surface area contributed by atoms with Gasteiger partial charge in [-0.1, -0.05) is 0 Å². The average molecular weight is 421 g/mol. The molecular weight excluding hydrogens is 398 g/mol. The highest BCUT2D eigenvalue weighted by Gasteiger charge is 2.17. The standard InChI is InChI=1S/C19H23N3O6S/c1-12(2)22-29(25,26)15-8-5-13(6-9-15)18(23)20-21-19(24)14-7-10-16(27-3)17(11-14)28-4/h5-12,22H,1-4H3,(H,20,23)(H,21,24). The summed E-state index contributed by atoms with van der Waals surface area (Å²) in [6.45, 7) is 3.42. The van der Waals surface area contributed by atoms with Crippen LogP contribution < -0.4 is 25.0 Å². The van der Waals surface area contributed by atoms with E-state index in [-0.39, 0.29) is 22.1 Å². The first-order valence-electron chi connectivity index (χ1n) is 8.63. The minimum absolute atomic E-state index is 0.0390. The molecule has 0 bridgehead atoms. The molecular formula is C19H23N3O6S. The maximum absolute atomic E-state index is 12.2. The fourth-order valence-corrected chi connectivity index (χ4v) is 3.65. The quantitative estimate of drug-likeness (QED) is 0.582. The van der Waals surface area contributed by atoms with Gasteiger partial charge in [0.25, 0.3) is 11.8 Å². The summed E-state index contributed by atoms with van der Waals surface area (Å²) >= 11 is 0. The lowest BCUT2D eigenvalue weighted by Crippen LogP contribution is -2.41. The SMILES string of the molecule is COc1ccc(C(=O)NNC(=O)c2ccc(S(=O)(=O)NC(C)C)cc2)cc1OC. The number of benzene rings is 2. The van der Waals surface area contributed by atoms with Crippen LogP contribution in [0.4, 0.5) is 0 Å². The second-order valence-electron chi connectivity index (χ2n) is 6.28. The molecule has 156 valence electrons. The number of sulfonamides is 1. The molecule has 0 unspecified atom stereocenters. The van der Waals surface area contributed by atoms with Crippen LogP contribution in [0, 0.1) is 0 Å². The van der Waals surface area contributed by atoms with Crippen molar-refractivity contribution in [2.45, 2.75) is 24.8 Å². The Labute approximate surface area is 169 Å². The fourth-order valence-electron chi connectivity index (χ4n) is 2.40. The molecule has 0 aliphatic heterocycles. The summed E-state index contributed by atoms with van der Waals surface area (Å²) in [6.07, 6.45) is 0. The Morgan fingerprint density at radius 1 is 0.828 bits per heavy atom. The molecule has 2 aromatic rings. The maximum Gasteiger partial charge on any atom is 0.269 e. The summed E-state index contributed by atoms with van der Waals surface area (Å²) in [5.41, 5.74) is 5.01. The molecule has 3 N–H and O–H groups in total. The van der Waals surface area contributed by atoms with E-state index < -0.39 is 21.8 Å². The number of nitrogens with one attached hydrogen (secondary N) is 3. The molecule has 9 nitrogen and oxygen atoms in total. The summed E-state index contributed by atoms with van der Waals surface area (Å²) in [4.78, 5) is 24.5. The van der Waals surface area contributed by atoms with Crippen LogP contribution in [0.3, 0.4) is 0 Å². The molecule has 29 heavy (non-hydrogen) atoms. The van der Waals surface area contributed by atoms with Gasteiger partial charge in [-0.2, -0.15) is 0 Å². The molecule has 0 heterocycles. The van der Waals surface area contributed by atoms with Crippen molar-refractivity contribution in [1.29, 1.82) is 0 Å². The van der Waals surface area contributed by atoms with Crippen LogP contribution in [-0.4, -0.2) is 40.5 Å². The van der Waals surface area contributed by atoms with E-state index in [4.69, 9.17) is 9.47 Å². The van der Waals surface area contributed by atoms with Crippen molar-refractivity contribution in [2.75, 3.05) is 14.2 Å². The fraction of sp³-hybridized carbons (Fsp3) is 0.263. The van der Waals surface area contributed by atoms with Crippen molar-refractivity contribution in [1.82, 2.24) is 15.6 Å². The number of ether oxygens (including phenoxy) is 2. The van der Waals surface area contributed by atoms with Gasteiger partial charge in [0.1, 0.15) is 0 Å². The average Bonchev–Trinajstić information content (AvgIpc) is 2.70. The van der Waals surface area contributed by atoms with E-state index in [9.17, 15) is 18.0 Å². The number of methoxy groups -OCH3 is 2. The Hall–Kier alpha value is -3.11. The van der Waals surface area contributed by atoms with Crippen LogP contribution in [0.15, 0.2) is 47.4 Å². The molecule has 0 saturated carbocycles. The van der Waals surface area contributed by atoms with Crippen LogP contribution in [0.5, 0.6) is 11.5 Å². The van der Waals surface area contributed by atoms with Crippen LogP contribution in [0.1, 0.15) is 34.6 Å². The Morgan fingerprint density at radius 3 is 1.86 bits per heavy atom. The number of hydrazine groups is 1. The molecule has 0 aromatic heterocycles. The summed E-state index contributed by atoms with van der Waals surface area (Å²) in [5.74, 6) is -0.312. The first-order chi connectivity index (χ1) is 13.7. The summed E-state index contributed by atoms with van der Waals surface area (Å²) < 4.78 is 36.9. The van der Waals surface area contributed by atoms with E-state index in [0.717, 1.165) is 0 Å². The topological polar surface area (TPSA) is 123 Å². The third kappa shape index (κ3) is 5.69. The minimum Gasteiger partial charge on any atom is -0.493 e. The number of amides is 2. The molecule has 0 spiro atoms. The number of hydrogen-bond acceptors (Lipinski definition) is 6. The van der Waals surface area contributed by atoms with Gasteiger partial charge >= 0.3 is 0 Å². The zero-order chi connectivity index (χ0) is 21.6. The van der Waals surface area contributed by atoms with Gasteiger partial charge in [-0.15, -0.1) is 0 Å². The van der Waals surface area contributed by atoms with E-state index in [1.54, 1.807) is 19.9 Å². The molecule has 0 fully saturated rings. The van der Waals surface area contributed by atoms with Crippen molar-refractivity contribution >= 4 is 21.8 Å². The van der Waals surface area contributed by atoms with E-state index in [1.165, 1.54) is 50.6 Å². The van der Waals surface area contributed by atoms with Crippen LogP contribution in [0.25, 0.3) is 0 Å². The summed E-state index contributed by atoms with van der Waals surface area (Å²) in [5, 5.41) is 0. The highest BCUT2D eigenvalue weighted by molar-refractivity contribution is 7.89. The monoisotopic (exact) mass is 421 g/mol. The van der Waals surface area contributed by atoms with Gasteiger partial charge in [0, 0.05) is 17.2 Å². The molecule has 0 aliphatic rings. The maximum atomic E-state index is 12.2. The van der Waals surface area contributed by atoms with Gasteiger partial charge in [-0.3, -0.25) is 20.4 Å². The van der Waals surface area contributed by atoms with Crippen molar-refractivity contribution in [2.24, 2.45) is 0 Å². The van der Waals surface area contributed by atoms with Crippen molar-refractivity contribution in [3.63, 3.8) is 0 Å². The largest absolute Gasteiger partial charge is 0.493 e. The summed E-state index contributed by atoms with van der Waals surface area (Å²) in [7, 11) is -0.724. The van der Waals surface area contributed by atoms with Crippen molar-refractivity contribution < 1.29 is 27.5 Å². The molecule has 0 saturated heterocycles. The van der Waals surface area contributed by atoms with Gasteiger partial charge in [-0.25, -0.2) is 13.1 Å². The molecule has 0 aliphatic carbocycles. The molecule has 2 aromatic carbocycles. The van der Waals surface area contributed by atoms with Gasteiger partial charge in [-0.05, 0) is 56.3 Å². The van der Waals surface area contributed by atoms with Gasteiger partial charge in [0.2, 0.25) is 10.0 Å². The second kappa shape index (κ2) is 9.39. The third-order valence-corrected chi connectivity index (χ3v) is 5.43. The van der Waals surface area contributed by atoms with E-state index >= 15 is 0 Å². The predicted octanol–water partition coefficient (Wildman–Crippen LogP) is 1.47. The first kappa shape index (κ1) is 22.2. The minimum atomic E-state index is -3.65. The molecule has 2 rings (SSSR count). The Kier molecular flexibility index (Phi) is 7.18. The normalized spacial score (nSPS) is 11.1. The van der Waals surface area contributed by atoms with Crippen molar-refractivity contribution in [3.05, 3.63) is 53.6 Å². The number of hydrogen-bond donors (Lipinski definition) is 3. The Bertz CT molecular complexity index is 988. The van der Waals surface area contributed by atoms with Gasteiger partial charge in [0.15, 0.2) is 11.5 Å². The number of rotatable bonds is 7. The lowest BCUT2D eigenvalue weighted by molar-refractivity contribution is 0.0846. The first-order valence-corrected chi connectivity index (χ1v) is 10.1. The summed E-state index contributed by atoms with van der Waals surface area (Å²) in [6, 6.07) is 9.64. The van der Waals surface area contributed by atoms with Crippen LogP contribution >= 0.6 is 0 Å². The second-order valence-corrected chi connectivity index (χ2v) is 7.99. The van der Waals surface area contributed by atoms with Crippen LogP contribution in [-0.2, 0) is 10.0 Å². The molecule has 2 amide bonds. The van der Waals surface area contributed by atoms with E-state index in [0.29, 0.717) is 11.5 Å². The Balaban J connectivity index is 2.03. The lowest BCUT2D eigenvalue weighted by Gasteiger charge is -2.11. The van der Waals surface area contributed by atoms with Crippen LogP contribution in [0.2, 0.25) is 0 Å². The molecule has 0 radical (unpaired) electrons.